The molecule has 1 fully saturated rings. The van der Waals surface area contributed by atoms with Crippen LogP contribution in [-0.4, -0.2) is 103 Å². The van der Waals surface area contributed by atoms with E-state index in [1.807, 2.05) is 26.8 Å². The van der Waals surface area contributed by atoms with Crippen molar-refractivity contribution in [2.45, 2.75) is 32.9 Å². The molecule has 1 saturated heterocycles. The van der Waals surface area contributed by atoms with Crippen LogP contribution in [0.4, 0.5) is 0 Å². The van der Waals surface area contributed by atoms with Crippen LogP contribution in [0.3, 0.4) is 0 Å². The molecular weight excluding hydrogens is 400 g/mol. The number of methoxy groups -OCH3 is 1. The zero-order valence-corrected chi connectivity index (χ0v) is 19.0. The van der Waals surface area contributed by atoms with E-state index in [9.17, 15) is 14.4 Å². The molecule has 0 aliphatic carbocycles. The molecule has 0 aromatic carbocycles. The predicted molar refractivity (Wildman–Crippen MR) is 116 cm³/mol. The third kappa shape index (κ3) is 9.12. The molecule has 9 nitrogen and oxygen atoms in total. The summed E-state index contributed by atoms with van der Waals surface area (Å²) in [5, 5.41) is 0. The second kappa shape index (κ2) is 11.9. The lowest BCUT2D eigenvalue weighted by molar-refractivity contribution is -0.156. The Morgan fingerprint density at radius 3 is 2.16 bits per heavy atom. The van der Waals surface area contributed by atoms with Crippen LogP contribution in [0.2, 0.25) is 0 Å². The summed E-state index contributed by atoms with van der Waals surface area (Å²) in [6.45, 7) is 11.1. The lowest BCUT2D eigenvalue weighted by atomic mass is 10.2. The molecule has 0 unspecified atom stereocenters. The molecule has 172 valence electrons. The molecule has 1 aliphatic heterocycles. The van der Waals surface area contributed by atoms with E-state index in [1.165, 1.54) is 13.3 Å². The van der Waals surface area contributed by atoms with Crippen LogP contribution in [0.5, 0.6) is 0 Å². The summed E-state index contributed by atoms with van der Waals surface area (Å²) >= 11 is 0. The number of pyridine rings is 1. The standard InChI is InChI=1S/C22H34N4O5/c1-22(2,3)31-20(28)17-26-10-8-24(13-14-27)7-9-25(11-12-26)16-19-6-5-18(15-23-19)21(29)30-4/h5-6,14-15H,7-13,16-17H2,1-4H3. The first-order chi connectivity index (χ1) is 14.7. The minimum atomic E-state index is -0.520. The van der Waals surface area contributed by atoms with Gasteiger partial charge in [-0.2, -0.15) is 0 Å². The van der Waals surface area contributed by atoms with Gasteiger partial charge in [-0.25, -0.2) is 4.79 Å². The lowest BCUT2D eigenvalue weighted by Gasteiger charge is -2.26. The number of hydrogen-bond acceptors (Lipinski definition) is 9. The zero-order chi connectivity index (χ0) is 22.9. The maximum absolute atomic E-state index is 12.3. The minimum Gasteiger partial charge on any atom is -0.465 e. The molecule has 0 saturated carbocycles. The number of carbonyl (C=O) groups is 3. The Kier molecular flexibility index (Phi) is 9.54. The van der Waals surface area contributed by atoms with E-state index in [0.29, 0.717) is 38.3 Å². The van der Waals surface area contributed by atoms with Gasteiger partial charge in [0.05, 0.1) is 31.5 Å². The van der Waals surface area contributed by atoms with Crippen molar-refractivity contribution < 1.29 is 23.9 Å². The van der Waals surface area contributed by atoms with Crippen molar-refractivity contribution in [3.05, 3.63) is 29.6 Å². The van der Waals surface area contributed by atoms with E-state index in [2.05, 4.69) is 19.7 Å². The summed E-state index contributed by atoms with van der Waals surface area (Å²) in [5.41, 5.74) is 0.734. The topological polar surface area (TPSA) is 92.3 Å². The van der Waals surface area contributed by atoms with E-state index >= 15 is 0 Å². The molecule has 0 radical (unpaired) electrons. The summed E-state index contributed by atoms with van der Waals surface area (Å²) < 4.78 is 10.2. The van der Waals surface area contributed by atoms with Crippen molar-refractivity contribution in [1.29, 1.82) is 0 Å². The SMILES string of the molecule is COC(=O)c1ccc(CN2CCN(CC=O)CCN(CC(=O)OC(C)(C)C)CC2)nc1. The highest BCUT2D eigenvalue weighted by atomic mass is 16.6. The van der Waals surface area contributed by atoms with Crippen LogP contribution in [0, 0.1) is 0 Å². The first kappa shape index (κ1) is 24.9. The fourth-order valence-corrected chi connectivity index (χ4v) is 3.33. The number of carbonyl (C=O) groups excluding carboxylic acids is 3. The normalized spacial score (nSPS) is 17.3. The van der Waals surface area contributed by atoms with E-state index in [4.69, 9.17) is 9.47 Å². The Balaban J connectivity index is 2.03. The third-order valence-corrected chi connectivity index (χ3v) is 4.93. The van der Waals surface area contributed by atoms with Gasteiger partial charge >= 0.3 is 11.9 Å². The molecule has 2 heterocycles. The van der Waals surface area contributed by atoms with Crippen molar-refractivity contribution >= 4 is 18.2 Å². The van der Waals surface area contributed by atoms with E-state index in [-0.39, 0.29) is 12.5 Å². The molecule has 0 bridgehead atoms. The molecule has 0 atom stereocenters. The molecular formula is C22H34N4O5. The van der Waals surface area contributed by atoms with E-state index in [0.717, 1.165) is 31.6 Å². The number of esters is 2. The van der Waals surface area contributed by atoms with Gasteiger partial charge in [0, 0.05) is 52.0 Å². The van der Waals surface area contributed by atoms with E-state index in [1.54, 1.807) is 6.07 Å². The van der Waals surface area contributed by atoms with Crippen LogP contribution >= 0.6 is 0 Å². The summed E-state index contributed by atoms with van der Waals surface area (Å²) in [6.07, 6.45) is 2.43. The maximum Gasteiger partial charge on any atom is 0.339 e. The summed E-state index contributed by atoms with van der Waals surface area (Å²) in [4.78, 5) is 45.7. The van der Waals surface area contributed by atoms with Gasteiger partial charge < -0.3 is 14.3 Å². The maximum atomic E-state index is 12.3. The third-order valence-electron chi connectivity index (χ3n) is 4.93. The Morgan fingerprint density at radius 2 is 1.65 bits per heavy atom. The molecule has 31 heavy (non-hydrogen) atoms. The average Bonchev–Trinajstić information content (AvgIpc) is 2.79. The largest absolute Gasteiger partial charge is 0.465 e. The predicted octanol–water partition coefficient (Wildman–Crippen LogP) is 0.828. The molecule has 0 spiro atoms. The summed E-state index contributed by atoms with van der Waals surface area (Å²) in [5.74, 6) is -0.663. The highest BCUT2D eigenvalue weighted by Crippen LogP contribution is 2.10. The Labute approximate surface area is 184 Å². The quantitative estimate of drug-likeness (QED) is 0.457. The van der Waals surface area contributed by atoms with Crippen molar-refractivity contribution in [1.82, 2.24) is 19.7 Å². The Hall–Kier alpha value is -2.36. The number of aromatic nitrogens is 1. The van der Waals surface area contributed by atoms with Crippen LogP contribution < -0.4 is 0 Å². The van der Waals surface area contributed by atoms with Crippen LogP contribution in [0.25, 0.3) is 0 Å². The molecule has 9 heteroatoms. The second-order valence-corrected chi connectivity index (χ2v) is 8.64. The molecule has 2 rings (SSSR count). The van der Waals surface area contributed by atoms with Gasteiger partial charge in [0.2, 0.25) is 0 Å². The monoisotopic (exact) mass is 434 g/mol. The summed E-state index contributed by atoms with van der Waals surface area (Å²) in [6, 6.07) is 3.53. The fourth-order valence-electron chi connectivity index (χ4n) is 3.33. The first-order valence-corrected chi connectivity index (χ1v) is 10.6. The van der Waals surface area contributed by atoms with Gasteiger partial charge in [-0.3, -0.25) is 24.5 Å². The Morgan fingerprint density at radius 1 is 1.03 bits per heavy atom. The van der Waals surface area contributed by atoms with Gasteiger partial charge in [-0.05, 0) is 32.9 Å². The van der Waals surface area contributed by atoms with Crippen molar-refractivity contribution in [3.8, 4) is 0 Å². The molecule has 0 amide bonds. The smallest absolute Gasteiger partial charge is 0.339 e. The van der Waals surface area contributed by atoms with Crippen LogP contribution in [0.15, 0.2) is 18.3 Å². The number of aldehydes is 1. The number of nitrogens with zero attached hydrogens (tertiary/aromatic N) is 4. The van der Waals surface area contributed by atoms with Crippen molar-refractivity contribution in [2.24, 2.45) is 0 Å². The van der Waals surface area contributed by atoms with Gasteiger partial charge in [0.25, 0.3) is 0 Å². The van der Waals surface area contributed by atoms with Crippen molar-refractivity contribution in [3.63, 3.8) is 0 Å². The lowest BCUT2D eigenvalue weighted by Crippen LogP contribution is -2.41. The van der Waals surface area contributed by atoms with Gasteiger partial charge in [0.1, 0.15) is 11.9 Å². The van der Waals surface area contributed by atoms with Gasteiger partial charge in [-0.1, -0.05) is 0 Å². The van der Waals surface area contributed by atoms with Crippen LogP contribution in [-0.2, 0) is 25.6 Å². The average molecular weight is 435 g/mol. The molecule has 1 aromatic rings. The minimum absolute atomic E-state index is 0.214. The van der Waals surface area contributed by atoms with Gasteiger partial charge in [-0.15, -0.1) is 0 Å². The second-order valence-electron chi connectivity index (χ2n) is 8.64. The number of hydrogen-bond donors (Lipinski definition) is 0. The molecule has 0 N–H and O–H groups in total. The fraction of sp³-hybridized carbons (Fsp3) is 0.636. The van der Waals surface area contributed by atoms with E-state index < -0.39 is 11.6 Å². The number of ether oxygens (including phenoxy) is 2. The Bertz CT molecular complexity index is 732. The van der Waals surface area contributed by atoms with Gasteiger partial charge in [0.15, 0.2) is 0 Å². The number of rotatable bonds is 7. The summed E-state index contributed by atoms with van der Waals surface area (Å²) in [7, 11) is 1.34. The highest BCUT2D eigenvalue weighted by Gasteiger charge is 2.22. The highest BCUT2D eigenvalue weighted by molar-refractivity contribution is 5.88. The zero-order valence-electron chi connectivity index (χ0n) is 19.0. The van der Waals surface area contributed by atoms with Crippen molar-refractivity contribution in [2.75, 3.05) is 59.5 Å². The molecule has 1 aliphatic rings. The molecule has 1 aromatic heterocycles. The first-order valence-electron chi connectivity index (χ1n) is 10.6. The van der Waals surface area contributed by atoms with Crippen LogP contribution in [0.1, 0.15) is 36.8 Å².